The van der Waals surface area contributed by atoms with Gasteiger partial charge < -0.3 is 19.9 Å². The number of ether oxygens (including phenoxy) is 1. The zero-order valence-electron chi connectivity index (χ0n) is 17.6. The lowest BCUT2D eigenvalue weighted by Crippen LogP contribution is -2.45. The summed E-state index contributed by atoms with van der Waals surface area (Å²) in [7, 11) is 1.97. The lowest BCUT2D eigenvalue weighted by molar-refractivity contribution is 0.312. The van der Waals surface area contributed by atoms with Gasteiger partial charge in [0.1, 0.15) is 18.1 Å². The molecule has 30 heavy (non-hydrogen) atoms. The van der Waals surface area contributed by atoms with Crippen molar-refractivity contribution in [2.24, 2.45) is 12.0 Å². The Labute approximate surface area is 181 Å². The van der Waals surface area contributed by atoms with E-state index in [2.05, 4.69) is 57.4 Å². The molecule has 0 saturated carbocycles. The summed E-state index contributed by atoms with van der Waals surface area (Å²) in [4.78, 5) is 6.15. The van der Waals surface area contributed by atoms with Crippen LogP contribution in [0, 0.1) is 6.92 Å². The number of nitrogens with zero attached hydrogens (tertiary/aromatic N) is 4. The van der Waals surface area contributed by atoms with E-state index in [9.17, 15) is 0 Å². The van der Waals surface area contributed by atoms with Crippen molar-refractivity contribution >= 4 is 17.3 Å². The third-order valence-electron chi connectivity index (χ3n) is 5.51. The Kier molecular flexibility index (Phi) is 6.32. The van der Waals surface area contributed by atoms with E-state index < -0.39 is 0 Å². The second kappa shape index (κ2) is 9.30. The smallest absolute Gasteiger partial charge is 0.191 e. The van der Waals surface area contributed by atoms with Crippen molar-refractivity contribution in [3.8, 4) is 5.75 Å². The molecule has 0 amide bonds. The largest absolute Gasteiger partial charge is 0.493 e. The number of aliphatic imine (C=N–C) groups is 1. The predicted molar refractivity (Wildman–Crippen MR) is 120 cm³/mol. The molecule has 2 aromatic heterocycles. The Hall–Kier alpha value is -2.87. The summed E-state index contributed by atoms with van der Waals surface area (Å²) in [6.45, 7) is 6.08. The highest BCUT2D eigenvalue weighted by Gasteiger charge is 2.29. The Bertz CT molecular complexity index is 997. The first-order valence-electron chi connectivity index (χ1n) is 10.3. The van der Waals surface area contributed by atoms with E-state index in [1.165, 1.54) is 10.4 Å². The van der Waals surface area contributed by atoms with Crippen LogP contribution in [0.1, 0.15) is 34.9 Å². The molecule has 4 rings (SSSR count). The normalized spacial score (nSPS) is 16.8. The van der Waals surface area contributed by atoms with Crippen molar-refractivity contribution in [2.75, 3.05) is 13.2 Å². The van der Waals surface area contributed by atoms with Gasteiger partial charge in [0, 0.05) is 36.0 Å². The molecule has 8 heteroatoms. The molecule has 1 aliphatic rings. The number of benzene rings is 1. The van der Waals surface area contributed by atoms with Gasteiger partial charge in [0.25, 0.3) is 0 Å². The quantitative estimate of drug-likeness (QED) is 0.450. The van der Waals surface area contributed by atoms with E-state index in [-0.39, 0.29) is 12.0 Å². The van der Waals surface area contributed by atoms with Crippen LogP contribution in [0.2, 0.25) is 0 Å². The number of thiophene rings is 1. The molecule has 2 unspecified atom stereocenters. The van der Waals surface area contributed by atoms with Gasteiger partial charge in [-0.25, -0.2) is 4.99 Å². The molecule has 0 bridgehead atoms. The van der Waals surface area contributed by atoms with Crippen molar-refractivity contribution in [2.45, 2.75) is 38.8 Å². The molecule has 0 fully saturated rings. The first-order valence-corrected chi connectivity index (χ1v) is 11.1. The monoisotopic (exact) mass is 424 g/mol. The average Bonchev–Trinajstić information content (AvgIpc) is 3.48. The number of aryl methyl sites for hydroxylation is 1. The number of fused-ring (bicyclic) bond motifs is 1. The average molecular weight is 425 g/mol. The van der Waals surface area contributed by atoms with Crippen LogP contribution in [0.15, 0.2) is 46.8 Å². The van der Waals surface area contributed by atoms with E-state index >= 15 is 0 Å². The lowest BCUT2D eigenvalue weighted by Gasteiger charge is -2.23. The summed E-state index contributed by atoms with van der Waals surface area (Å²) < 4.78 is 7.84. The summed E-state index contributed by atoms with van der Waals surface area (Å²) in [6, 6.07) is 12.7. The zero-order valence-corrected chi connectivity index (χ0v) is 18.4. The molecule has 0 saturated heterocycles. The molecule has 0 radical (unpaired) electrons. The molecule has 2 atom stereocenters. The van der Waals surface area contributed by atoms with Gasteiger partial charge in [-0.15, -0.1) is 21.5 Å². The topological polar surface area (TPSA) is 76.4 Å². The first-order chi connectivity index (χ1) is 14.6. The van der Waals surface area contributed by atoms with Gasteiger partial charge in [-0.2, -0.15) is 0 Å². The minimum Gasteiger partial charge on any atom is -0.493 e. The van der Waals surface area contributed by atoms with Crippen molar-refractivity contribution in [1.82, 2.24) is 25.4 Å². The fourth-order valence-corrected chi connectivity index (χ4v) is 4.28. The third-order valence-corrected chi connectivity index (χ3v) is 6.45. The van der Waals surface area contributed by atoms with E-state index in [0.717, 1.165) is 36.3 Å². The first kappa shape index (κ1) is 20.4. The molecular formula is C22H28N6OS. The van der Waals surface area contributed by atoms with Crippen LogP contribution in [0.25, 0.3) is 0 Å². The highest BCUT2D eigenvalue weighted by molar-refractivity contribution is 7.09. The highest BCUT2D eigenvalue weighted by atomic mass is 32.1. The Balaban J connectivity index is 1.44. The minimum atomic E-state index is 0.169. The molecule has 2 N–H and O–H groups in total. The molecule has 3 aromatic rings. The van der Waals surface area contributed by atoms with Gasteiger partial charge in [-0.05, 0) is 37.8 Å². The lowest BCUT2D eigenvalue weighted by atomic mass is 9.94. The van der Waals surface area contributed by atoms with Gasteiger partial charge in [-0.3, -0.25) is 0 Å². The maximum atomic E-state index is 5.87. The third kappa shape index (κ3) is 4.64. The van der Waals surface area contributed by atoms with Crippen LogP contribution in [0.4, 0.5) is 0 Å². The Morgan fingerprint density at radius 1 is 1.30 bits per heavy atom. The fourth-order valence-electron chi connectivity index (χ4n) is 3.57. The molecular weight excluding hydrogens is 396 g/mol. The number of hydrogen-bond acceptors (Lipinski definition) is 5. The Morgan fingerprint density at radius 3 is 2.93 bits per heavy atom. The van der Waals surface area contributed by atoms with Crippen LogP contribution in [0.5, 0.6) is 5.75 Å². The molecule has 0 spiro atoms. The number of rotatable bonds is 7. The fraction of sp³-hybridized carbons (Fsp3) is 0.409. The summed E-state index contributed by atoms with van der Waals surface area (Å²) >= 11 is 1.78. The van der Waals surface area contributed by atoms with Crippen LogP contribution in [-0.4, -0.2) is 39.9 Å². The van der Waals surface area contributed by atoms with Gasteiger partial charge in [0.05, 0.1) is 6.61 Å². The second-order valence-corrected chi connectivity index (χ2v) is 8.56. The van der Waals surface area contributed by atoms with Crippen molar-refractivity contribution in [3.63, 3.8) is 0 Å². The standard InChI is InChI=1S/C22H28N6OS/c1-15(19-14-29-20-9-5-4-8-18(19)20)25-22(23-11-10-17-7-6-12-30-17)24-13-21-27-26-16(2)28(21)3/h4-9,12,15,19H,10-11,13-14H2,1-3H3,(H2,23,24,25). The van der Waals surface area contributed by atoms with Gasteiger partial charge in [0.2, 0.25) is 0 Å². The number of guanidine groups is 1. The SMILES string of the molecule is Cc1nnc(CN=C(NCCc2cccs2)NC(C)C2COc3ccccc32)n1C. The zero-order chi connectivity index (χ0) is 20.9. The van der Waals surface area contributed by atoms with Crippen LogP contribution < -0.4 is 15.4 Å². The van der Waals surface area contributed by atoms with Crippen molar-refractivity contribution < 1.29 is 4.74 Å². The molecule has 0 aliphatic carbocycles. The van der Waals surface area contributed by atoms with Gasteiger partial charge in [0.15, 0.2) is 11.8 Å². The van der Waals surface area contributed by atoms with Gasteiger partial charge in [-0.1, -0.05) is 24.3 Å². The van der Waals surface area contributed by atoms with E-state index in [4.69, 9.17) is 9.73 Å². The number of nitrogens with one attached hydrogen (secondary N) is 2. The molecule has 3 heterocycles. The van der Waals surface area contributed by atoms with E-state index in [1.807, 2.05) is 30.7 Å². The Morgan fingerprint density at radius 2 is 2.17 bits per heavy atom. The van der Waals surface area contributed by atoms with Crippen LogP contribution in [-0.2, 0) is 20.0 Å². The maximum absolute atomic E-state index is 5.87. The summed E-state index contributed by atoms with van der Waals surface area (Å²) in [6.07, 6.45) is 0.963. The van der Waals surface area contributed by atoms with Crippen molar-refractivity contribution in [1.29, 1.82) is 0 Å². The summed E-state index contributed by atoms with van der Waals surface area (Å²) in [5.41, 5.74) is 1.25. The van der Waals surface area contributed by atoms with E-state index in [1.54, 1.807) is 11.3 Å². The van der Waals surface area contributed by atoms with Gasteiger partial charge >= 0.3 is 0 Å². The number of aromatic nitrogens is 3. The van der Waals surface area contributed by atoms with Crippen LogP contribution in [0.3, 0.4) is 0 Å². The maximum Gasteiger partial charge on any atom is 0.191 e. The molecule has 1 aliphatic heterocycles. The number of para-hydroxylation sites is 1. The molecule has 7 nitrogen and oxygen atoms in total. The molecule has 1 aromatic carbocycles. The van der Waals surface area contributed by atoms with E-state index in [0.29, 0.717) is 13.2 Å². The highest BCUT2D eigenvalue weighted by Crippen LogP contribution is 2.35. The molecule has 158 valence electrons. The minimum absolute atomic E-state index is 0.169. The summed E-state index contributed by atoms with van der Waals surface area (Å²) in [5, 5.41) is 17.5. The van der Waals surface area contributed by atoms with Crippen LogP contribution >= 0.6 is 11.3 Å². The number of hydrogen-bond donors (Lipinski definition) is 2. The predicted octanol–water partition coefficient (Wildman–Crippen LogP) is 3.03. The summed E-state index contributed by atoms with van der Waals surface area (Å²) in [5.74, 6) is 3.77. The van der Waals surface area contributed by atoms with Crippen molar-refractivity contribution in [3.05, 3.63) is 63.9 Å². The second-order valence-electron chi connectivity index (χ2n) is 7.53.